The quantitative estimate of drug-likeness (QED) is 0.822. The van der Waals surface area contributed by atoms with Crippen LogP contribution in [-0.2, 0) is 6.54 Å². The Morgan fingerprint density at radius 2 is 2.00 bits per heavy atom. The lowest BCUT2D eigenvalue weighted by Crippen LogP contribution is -2.12. The van der Waals surface area contributed by atoms with Crippen LogP contribution in [0.5, 0.6) is 0 Å². The fourth-order valence-corrected chi connectivity index (χ4v) is 1.45. The first-order chi connectivity index (χ1) is 7.66. The number of halogens is 1. The zero-order valence-electron chi connectivity index (χ0n) is 8.55. The van der Waals surface area contributed by atoms with Crippen molar-refractivity contribution in [3.05, 3.63) is 47.9 Å². The van der Waals surface area contributed by atoms with E-state index in [0.29, 0.717) is 11.4 Å². The maximum atomic E-state index is 12.7. The highest BCUT2D eigenvalue weighted by Gasteiger charge is 2.10. The highest BCUT2D eigenvalue weighted by Crippen LogP contribution is 2.16. The molecule has 0 aliphatic rings. The average molecular weight is 221 g/mol. The van der Waals surface area contributed by atoms with Crippen molar-refractivity contribution in [2.45, 2.75) is 12.6 Å². The van der Waals surface area contributed by atoms with Crippen LogP contribution in [0.25, 0.3) is 0 Å². The smallest absolute Gasteiger partial charge is 0.123 e. The first-order valence-corrected chi connectivity index (χ1v) is 4.87. The Morgan fingerprint density at radius 3 is 2.56 bits per heavy atom. The van der Waals surface area contributed by atoms with Crippen molar-refractivity contribution < 1.29 is 9.50 Å². The molecule has 0 aliphatic carbocycles. The van der Waals surface area contributed by atoms with Gasteiger partial charge in [0, 0.05) is 0 Å². The third-order valence-corrected chi connectivity index (χ3v) is 2.35. The molecule has 0 spiro atoms. The van der Waals surface area contributed by atoms with E-state index in [1.54, 1.807) is 24.4 Å². The molecule has 1 heterocycles. The van der Waals surface area contributed by atoms with Crippen LogP contribution in [0.3, 0.4) is 0 Å². The van der Waals surface area contributed by atoms with Crippen LogP contribution < -0.4 is 5.73 Å². The summed E-state index contributed by atoms with van der Waals surface area (Å²) in [5.74, 6) is 0.163. The van der Waals surface area contributed by atoms with Crippen LogP contribution in [-0.4, -0.2) is 14.9 Å². The minimum absolute atomic E-state index is 0.254. The van der Waals surface area contributed by atoms with Gasteiger partial charge >= 0.3 is 0 Å². The van der Waals surface area contributed by atoms with Crippen molar-refractivity contribution >= 4 is 5.82 Å². The van der Waals surface area contributed by atoms with E-state index in [9.17, 15) is 9.50 Å². The molecule has 1 atom stereocenters. The molecule has 2 rings (SSSR count). The fraction of sp³-hybridized carbons (Fsp3) is 0.182. The molecular weight excluding hydrogens is 209 g/mol. The number of aliphatic hydroxyl groups excluding tert-OH is 1. The molecule has 2 aromatic rings. The average Bonchev–Trinajstić information content (AvgIpc) is 2.65. The first-order valence-electron chi connectivity index (χ1n) is 4.87. The van der Waals surface area contributed by atoms with Gasteiger partial charge in [0.15, 0.2) is 0 Å². The van der Waals surface area contributed by atoms with Crippen molar-refractivity contribution in [3.8, 4) is 0 Å². The Hall–Kier alpha value is -1.88. The maximum absolute atomic E-state index is 12.7. The molecule has 84 valence electrons. The largest absolute Gasteiger partial charge is 0.386 e. The van der Waals surface area contributed by atoms with Gasteiger partial charge in [0.25, 0.3) is 0 Å². The predicted molar refractivity (Wildman–Crippen MR) is 58.0 cm³/mol. The minimum atomic E-state index is -0.747. The lowest BCUT2D eigenvalue weighted by molar-refractivity contribution is 0.152. The Labute approximate surface area is 92.1 Å². The number of hydrogen-bond donors (Lipinski definition) is 2. The van der Waals surface area contributed by atoms with Crippen LogP contribution in [0.15, 0.2) is 36.5 Å². The molecule has 16 heavy (non-hydrogen) atoms. The van der Waals surface area contributed by atoms with E-state index >= 15 is 0 Å². The second-order valence-electron chi connectivity index (χ2n) is 3.51. The van der Waals surface area contributed by atoms with Gasteiger partial charge in [-0.1, -0.05) is 12.1 Å². The number of aliphatic hydroxyl groups is 1. The van der Waals surface area contributed by atoms with Gasteiger partial charge in [-0.05, 0) is 23.8 Å². The van der Waals surface area contributed by atoms with Gasteiger partial charge in [0.2, 0.25) is 0 Å². The molecular formula is C11H12FN3O. The highest BCUT2D eigenvalue weighted by molar-refractivity contribution is 5.26. The molecule has 5 heteroatoms. The topological polar surface area (TPSA) is 64.1 Å². The van der Waals surface area contributed by atoms with Gasteiger partial charge in [-0.2, -0.15) is 5.10 Å². The van der Waals surface area contributed by atoms with E-state index in [1.165, 1.54) is 16.8 Å². The molecule has 3 N–H and O–H groups in total. The molecule has 1 aromatic carbocycles. The third kappa shape index (κ3) is 2.20. The van der Waals surface area contributed by atoms with Crippen LogP contribution >= 0.6 is 0 Å². The van der Waals surface area contributed by atoms with Gasteiger partial charge in [0.1, 0.15) is 11.6 Å². The molecule has 1 unspecified atom stereocenters. The number of nitrogen functional groups attached to an aromatic ring is 1. The zero-order chi connectivity index (χ0) is 11.5. The Balaban J connectivity index is 2.11. The molecule has 0 aliphatic heterocycles. The highest BCUT2D eigenvalue weighted by atomic mass is 19.1. The number of anilines is 1. The first kappa shape index (κ1) is 10.6. The number of rotatable bonds is 3. The minimum Gasteiger partial charge on any atom is -0.386 e. The summed E-state index contributed by atoms with van der Waals surface area (Å²) in [5.41, 5.74) is 6.26. The van der Waals surface area contributed by atoms with E-state index in [1.807, 2.05) is 0 Å². The summed E-state index contributed by atoms with van der Waals surface area (Å²) >= 11 is 0. The summed E-state index contributed by atoms with van der Waals surface area (Å²) in [5, 5.41) is 13.8. The normalized spacial score (nSPS) is 12.6. The van der Waals surface area contributed by atoms with Crippen LogP contribution in [0.4, 0.5) is 10.2 Å². The summed E-state index contributed by atoms with van der Waals surface area (Å²) in [7, 11) is 0. The van der Waals surface area contributed by atoms with Crippen LogP contribution in [0.2, 0.25) is 0 Å². The summed E-state index contributed by atoms with van der Waals surface area (Å²) in [6.45, 7) is 0.254. The maximum Gasteiger partial charge on any atom is 0.123 e. The number of nitrogens with zero attached hydrogens (tertiary/aromatic N) is 2. The molecule has 1 aromatic heterocycles. The summed E-state index contributed by atoms with van der Waals surface area (Å²) in [4.78, 5) is 0. The lowest BCUT2D eigenvalue weighted by Gasteiger charge is -2.12. The van der Waals surface area contributed by atoms with Crippen LogP contribution in [0.1, 0.15) is 11.7 Å². The second-order valence-corrected chi connectivity index (χ2v) is 3.51. The predicted octanol–water partition coefficient (Wildman–Crippen LogP) is 1.34. The number of aromatic nitrogens is 2. The molecule has 0 amide bonds. The number of benzene rings is 1. The van der Waals surface area contributed by atoms with Crippen molar-refractivity contribution in [2.24, 2.45) is 0 Å². The van der Waals surface area contributed by atoms with Gasteiger partial charge in [-0.15, -0.1) is 0 Å². The van der Waals surface area contributed by atoms with E-state index < -0.39 is 6.10 Å². The molecule has 0 saturated carbocycles. The second kappa shape index (κ2) is 4.32. The molecule has 0 saturated heterocycles. The van der Waals surface area contributed by atoms with Gasteiger partial charge in [-0.25, -0.2) is 9.07 Å². The Kier molecular flexibility index (Phi) is 2.87. The molecule has 0 bridgehead atoms. The number of hydrogen-bond acceptors (Lipinski definition) is 3. The monoisotopic (exact) mass is 221 g/mol. The fourth-order valence-electron chi connectivity index (χ4n) is 1.45. The summed E-state index contributed by atoms with van der Waals surface area (Å²) in [6, 6.07) is 7.35. The molecule has 4 nitrogen and oxygen atoms in total. The lowest BCUT2D eigenvalue weighted by atomic mass is 10.1. The van der Waals surface area contributed by atoms with Crippen molar-refractivity contribution in [3.63, 3.8) is 0 Å². The standard InChI is InChI=1S/C11H12FN3O/c12-9-3-1-8(2-4-9)10(16)7-15-11(13)5-6-14-15/h1-6,10,16H,7,13H2. The van der Waals surface area contributed by atoms with Gasteiger partial charge < -0.3 is 10.8 Å². The van der Waals surface area contributed by atoms with E-state index in [4.69, 9.17) is 5.73 Å². The zero-order valence-corrected chi connectivity index (χ0v) is 8.55. The summed E-state index contributed by atoms with van der Waals surface area (Å²) < 4.78 is 14.2. The van der Waals surface area contributed by atoms with E-state index in [0.717, 1.165) is 0 Å². The van der Waals surface area contributed by atoms with Gasteiger partial charge in [-0.3, -0.25) is 0 Å². The third-order valence-electron chi connectivity index (χ3n) is 2.35. The van der Waals surface area contributed by atoms with Crippen LogP contribution in [0, 0.1) is 5.82 Å². The molecule has 0 fully saturated rings. The molecule has 0 radical (unpaired) electrons. The van der Waals surface area contributed by atoms with E-state index in [2.05, 4.69) is 5.10 Å². The number of nitrogens with two attached hydrogens (primary N) is 1. The van der Waals surface area contributed by atoms with Crippen molar-refractivity contribution in [1.29, 1.82) is 0 Å². The Bertz CT molecular complexity index is 466. The SMILES string of the molecule is Nc1ccnn1CC(O)c1ccc(F)cc1. The Morgan fingerprint density at radius 1 is 1.31 bits per heavy atom. The van der Waals surface area contributed by atoms with Gasteiger partial charge in [0.05, 0.1) is 18.8 Å². The van der Waals surface area contributed by atoms with Crippen molar-refractivity contribution in [2.75, 3.05) is 5.73 Å². The summed E-state index contributed by atoms with van der Waals surface area (Å²) in [6.07, 6.45) is 0.815. The van der Waals surface area contributed by atoms with E-state index in [-0.39, 0.29) is 12.4 Å². The van der Waals surface area contributed by atoms with Crippen molar-refractivity contribution in [1.82, 2.24) is 9.78 Å².